The Morgan fingerprint density at radius 2 is 1.75 bits per heavy atom. The molecule has 1 N–H and O–H groups in total. The SMILES string of the molecule is CCC(NC(=O)[C@H]1CCCN1C(=O)[C@H]1CCCN(S(=O)(=O)N2CC(C#N)C2)C1)c1cc(F)cc(F)c1. The number of carbonyl (C=O) groups excluding carboxylic acids is 2. The Bertz CT molecular complexity index is 1130. The van der Waals surface area contributed by atoms with Gasteiger partial charge in [0.15, 0.2) is 0 Å². The van der Waals surface area contributed by atoms with E-state index in [1.807, 2.05) is 0 Å². The quantitative estimate of drug-likeness (QED) is 0.587. The molecule has 0 aromatic heterocycles. The second-order valence-corrected chi connectivity index (χ2v) is 11.6. The third-order valence-electron chi connectivity index (χ3n) is 7.27. The first-order valence-electron chi connectivity index (χ1n) is 12.4. The fourth-order valence-corrected chi connectivity index (χ4v) is 7.02. The molecule has 3 aliphatic heterocycles. The summed E-state index contributed by atoms with van der Waals surface area (Å²) in [5, 5.41) is 11.8. The molecule has 0 radical (unpaired) electrons. The van der Waals surface area contributed by atoms with Crippen molar-refractivity contribution in [3.8, 4) is 6.07 Å². The number of amides is 2. The van der Waals surface area contributed by atoms with Crippen LogP contribution in [-0.4, -0.2) is 72.5 Å². The van der Waals surface area contributed by atoms with Crippen LogP contribution in [0.2, 0.25) is 0 Å². The molecule has 0 bridgehead atoms. The van der Waals surface area contributed by atoms with E-state index in [0.29, 0.717) is 50.8 Å². The van der Waals surface area contributed by atoms with E-state index in [2.05, 4.69) is 11.4 Å². The first-order valence-corrected chi connectivity index (χ1v) is 13.8. The molecule has 0 saturated carbocycles. The molecule has 1 unspecified atom stereocenters. The van der Waals surface area contributed by atoms with Gasteiger partial charge in [-0.15, -0.1) is 0 Å². The molecule has 12 heteroatoms. The largest absolute Gasteiger partial charge is 0.348 e. The molecule has 9 nitrogen and oxygen atoms in total. The minimum absolute atomic E-state index is 0.0415. The predicted octanol–water partition coefficient (Wildman–Crippen LogP) is 1.94. The van der Waals surface area contributed by atoms with Crippen molar-refractivity contribution in [2.24, 2.45) is 11.8 Å². The molecular weight excluding hydrogens is 492 g/mol. The van der Waals surface area contributed by atoms with Gasteiger partial charge in [0.1, 0.15) is 17.7 Å². The normalized spacial score (nSPS) is 24.7. The minimum Gasteiger partial charge on any atom is -0.348 e. The van der Waals surface area contributed by atoms with Crippen LogP contribution in [0.5, 0.6) is 0 Å². The first-order chi connectivity index (χ1) is 17.1. The summed E-state index contributed by atoms with van der Waals surface area (Å²) in [6.45, 7) is 2.86. The Morgan fingerprint density at radius 1 is 1.08 bits per heavy atom. The van der Waals surface area contributed by atoms with Gasteiger partial charge in [-0.25, -0.2) is 8.78 Å². The Balaban J connectivity index is 1.41. The van der Waals surface area contributed by atoms with Gasteiger partial charge in [-0.1, -0.05) is 6.92 Å². The van der Waals surface area contributed by atoms with Crippen molar-refractivity contribution in [1.82, 2.24) is 18.8 Å². The summed E-state index contributed by atoms with van der Waals surface area (Å²) in [5.74, 6) is -2.96. The van der Waals surface area contributed by atoms with Crippen LogP contribution in [0.4, 0.5) is 8.78 Å². The highest BCUT2D eigenvalue weighted by Gasteiger charge is 2.44. The van der Waals surface area contributed by atoms with Crippen LogP contribution in [0.3, 0.4) is 0 Å². The van der Waals surface area contributed by atoms with Gasteiger partial charge in [-0.05, 0) is 49.8 Å². The zero-order valence-corrected chi connectivity index (χ0v) is 21.0. The van der Waals surface area contributed by atoms with E-state index >= 15 is 0 Å². The van der Waals surface area contributed by atoms with E-state index in [9.17, 15) is 26.8 Å². The second-order valence-electron chi connectivity index (χ2n) is 9.71. The standard InChI is InChI=1S/C24H31F2N5O4S/c1-2-21(18-9-19(25)11-20(26)10-18)28-23(32)22-6-4-8-31(22)24(33)17-5-3-7-29(15-17)36(34,35)30-13-16(12-27)14-30/h9-11,16-17,21-22H,2-8,13-15H2,1H3,(H,28,32)/t17-,21?,22+/m0/s1. The summed E-state index contributed by atoms with van der Waals surface area (Å²) in [5.41, 5.74) is 0.317. The van der Waals surface area contributed by atoms with E-state index in [-0.39, 0.29) is 37.4 Å². The third kappa shape index (κ3) is 5.38. The maximum Gasteiger partial charge on any atom is 0.282 e. The Kier molecular flexibility index (Phi) is 7.92. The van der Waals surface area contributed by atoms with Crippen LogP contribution in [0.1, 0.15) is 50.6 Å². The van der Waals surface area contributed by atoms with Gasteiger partial charge in [-0.2, -0.15) is 22.3 Å². The first kappa shape index (κ1) is 26.4. The van der Waals surface area contributed by atoms with E-state index in [1.165, 1.54) is 25.6 Å². The zero-order chi connectivity index (χ0) is 26.0. The lowest BCUT2D eigenvalue weighted by atomic mass is 9.97. The molecule has 0 aliphatic carbocycles. The molecule has 3 atom stereocenters. The molecule has 36 heavy (non-hydrogen) atoms. The van der Waals surface area contributed by atoms with Crippen LogP contribution in [0.15, 0.2) is 18.2 Å². The van der Waals surface area contributed by atoms with Crippen LogP contribution < -0.4 is 5.32 Å². The van der Waals surface area contributed by atoms with Crippen molar-refractivity contribution in [1.29, 1.82) is 5.26 Å². The molecule has 2 amide bonds. The van der Waals surface area contributed by atoms with E-state index in [4.69, 9.17) is 5.26 Å². The number of nitrogens with zero attached hydrogens (tertiary/aromatic N) is 4. The molecular formula is C24H31F2N5O4S. The van der Waals surface area contributed by atoms with E-state index in [0.717, 1.165) is 6.07 Å². The lowest BCUT2D eigenvalue weighted by Crippen LogP contribution is -2.57. The van der Waals surface area contributed by atoms with Gasteiger partial charge in [0.05, 0.1) is 23.9 Å². The van der Waals surface area contributed by atoms with Gasteiger partial charge >= 0.3 is 0 Å². The Morgan fingerprint density at radius 3 is 2.39 bits per heavy atom. The third-order valence-corrected chi connectivity index (χ3v) is 9.20. The van der Waals surface area contributed by atoms with Gasteiger partial charge in [-0.3, -0.25) is 9.59 Å². The monoisotopic (exact) mass is 523 g/mol. The minimum atomic E-state index is -3.74. The summed E-state index contributed by atoms with van der Waals surface area (Å²) < 4.78 is 55.8. The van der Waals surface area contributed by atoms with Crippen molar-refractivity contribution in [3.63, 3.8) is 0 Å². The number of piperidine rings is 1. The second kappa shape index (κ2) is 10.8. The number of hydrogen-bond acceptors (Lipinski definition) is 5. The van der Waals surface area contributed by atoms with Crippen LogP contribution in [-0.2, 0) is 19.8 Å². The maximum absolute atomic E-state index is 13.7. The fourth-order valence-electron chi connectivity index (χ4n) is 5.23. The zero-order valence-electron chi connectivity index (χ0n) is 20.2. The van der Waals surface area contributed by atoms with Crippen molar-refractivity contribution < 1.29 is 26.8 Å². The number of halogens is 2. The lowest BCUT2D eigenvalue weighted by molar-refractivity contribution is -0.142. The van der Waals surface area contributed by atoms with E-state index in [1.54, 1.807) is 6.92 Å². The number of likely N-dealkylation sites (tertiary alicyclic amines) is 1. The van der Waals surface area contributed by atoms with Crippen molar-refractivity contribution >= 4 is 22.0 Å². The number of rotatable bonds is 7. The predicted molar refractivity (Wildman–Crippen MR) is 126 cm³/mol. The smallest absolute Gasteiger partial charge is 0.282 e. The van der Waals surface area contributed by atoms with Gasteiger partial charge in [0.25, 0.3) is 10.2 Å². The molecule has 3 saturated heterocycles. The molecule has 1 aromatic carbocycles. The highest BCUT2D eigenvalue weighted by molar-refractivity contribution is 7.86. The Labute approximate surface area is 210 Å². The van der Waals surface area contributed by atoms with Crippen LogP contribution in [0, 0.1) is 34.8 Å². The summed E-state index contributed by atoms with van der Waals surface area (Å²) in [7, 11) is -3.74. The molecule has 1 aromatic rings. The van der Waals surface area contributed by atoms with Crippen molar-refractivity contribution in [3.05, 3.63) is 35.4 Å². The summed E-state index contributed by atoms with van der Waals surface area (Å²) in [4.78, 5) is 28.1. The van der Waals surface area contributed by atoms with Gasteiger partial charge in [0, 0.05) is 38.8 Å². The lowest BCUT2D eigenvalue weighted by Gasteiger charge is -2.41. The highest BCUT2D eigenvalue weighted by atomic mass is 32.2. The number of hydrogen-bond donors (Lipinski definition) is 1. The maximum atomic E-state index is 13.7. The summed E-state index contributed by atoms with van der Waals surface area (Å²) in [6, 6.07) is 3.87. The molecule has 4 rings (SSSR count). The van der Waals surface area contributed by atoms with E-state index < -0.39 is 39.8 Å². The Hall–Kier alpha value is -2.62. The number of nitriles is 1. The van der Waals surface area contributed by atoms with Crippen molar-refractivity contribution in [2.75, 3.05) is 32.7 Å². The number of nitrogens with one attached hydrogen (secondary N) is 1. The molecule has 196 valence electrons. The van der Waals surface area contributed by atoms with Gasteiger partial charge < -0.3 is 10.2 Å². The summed E-state index contributed by atoms with van der Waals surface area (Å²) >= 11 is 0. The molecule has 3 heterocycles. The molecule has 3 aliphatic rings. The summed E-state index contributed by atoms with van der Waals surface area (Å²) in [6.07, 6.45) is 2.56. The fraction of sp³-hybridized carbons (Fsp3) is 0.625. The number of carbonyl (C=O) groups is 2. The highest BCUT2D eigenvalue weighted by Crippen LogP contribution is 2.29. The van der Waals surface area contributed by atoms with Crippen LogP contribution >= 0.6 is 0 Å². The van der Waals surface area contributed by atoms with Gasteiger partial charge in [0.2, 0.25) is 11.8 Å². The molecule has 0 spiro atoms. The topological polar surface area (TPSA) is 114 Å². The average Bonchev–Trinajstić information content (AvgIpc) is 3.30. The molecule has 3 fully saturated rings. The average molecular weight is 524 g/mol. The van der Waals surface area contributed by atoms with Crippen LogP contribution in [0.25, 0.3) is 0 Å². The van der Waals surface area contributed by atoms with Crippen molar-refractivity contribution in [2.45, 2.75) is 51.1 Å². The number of benzene rings is 1.